The lowest BCUT2D eigenvalue weighted by atomic mass is 10.1. The molecule has 1 aromatic rings. The van der Waals surface area contributed by atoms with Gasteiger partial charge in [0.2, 0.25) is 0 Å². The first-order valence-electron chi connectivity index (χ1n) is 4.60. The summed E-state index contributed by atoms with van der Waals surface area (Å²) in [5.41, 5.74) is 2.18. The molecule has 0 spiro atoms. The van der Waals surface area contributed by atoms with Crippen LogP contribution in [0.25, 0.3) is 5.57 Å². The Morgan fingerprint density at radius 3 is 2.14 bits per heavy atom. The maximum absolute atomic E-state index is 5.22. The molecule has 0 N–H and O–H groups in total. The van der Waals surface area contributed by atoms with Crippen LogP contribution >= 0.6 is 0 Å². The predicted octanol–water partition coefficient (Wildman–Crippen LogP) is 2.71. The van der Waals surface area contributed by atoms with Crippen molar-refractivity contribution >= 4 is 5.57 Å². The Bertz CT molecular complexity index is 286. The molecule has 76 valence electrons. The van der Waals surface area contributed by atoms with Gasteiger partial charge in [0.15, 0.2) is 6.29 Å². The van der Waals surface area contributed by atoms with Crippen LogP contribution in [0.3, 0.4) is 0 Å². The Hall–Kier alpha value is -1.12. The van der Waals surface area contributed by atoms with Crippen LogP contribution in [-0.4, -0.2) is 20.5 Å². The Morgan fingerprint density at radius 2 is 1.71 bits per heavy atom. The van der Waals surface area contributed by atoms with E-state index in [1.165, 1.54) is 0 Å². The lowest BCUT2D eigenvalue weighted by molar-refractivity contribution is -0.0590. The van der Waals surface area contributed by atoms with Crippen LogP contribution in [0.1, 0.15) is 12.5 Å². The predicted molar refractivity (Wildman–Crippen MR) is 57.9 cm³/mol. The molecular weight excluding hydrogens is 176 g/mol. The van der Waals surface area contributed by atoms with Crippen molar-refractivity contribution < 1.29 is 9.47 Å². The van der Waals surface area contributed by atoms with Crippen LogP contribution in [0, 0.1) is 0 Å². The van der Waals surface area contributed by atoms with E-state index in [-0.39, 0.29) is 6.29 Å². The number of hydrogen-bond donors (Lipinski definition) is 0. The average Bonchev–Trinajstić information content (AvgIpc) is 2.27. The van der Waals surface area contributed by atoms with E-state index in [0.29, 0.717) is 0 Å². The Balaban J connectivity index is 2.94. The number of ether oxygens (including phenoxy) is 2. The van der Waals surface area contributed by atoms with Crippen molar-refractivity contribution in [3.63, 3.8) is 0 Å². The molecule has 0 radical (unpaired) electrons. The van der Waals surface area contributed by atoms with Crippen molar-refractivity contribution in [3.05, 3.63) is 42.0 Å². The zero-order valence-electron chi connectivity index (χ0n) is 8.86. The lowest BCUT2D eigenvalue weighted by Crippen LogP contribution is -2.14. The molecule has 0 fully saturated rings. The quantitative estimate of drug-likeness (QED) is 0.683. The third kappa shape index (κ3) is 2.44. The number of hydrogen-bond acceptors (Lipinski definition) is 2. The summed E-state index contributed by atoms with van der Waals surface area (Å²) in [4.78, 5) is 0. The molecule has 1 rings (SSSR count). The summed E-state index contributed by atoms with van der Waals surface area (Å²) in [5.74, 6) is 0. The zero-order chi connectivity index (χ0) is 10.4. The standard InChI is InChI=1S/C12H16O2/c1-4-11(12(13-2)14-3)10-8-6-5-7-9-10/h4-9,12H,1-3H3/b11-4+. The first-order chi connectivity index (χ1) is 6.83. The molecule has 0 atom stereocenters. The monoisotopic (exact) mass is 192 g/mol. The minimum atomic E-state index is -0.289. The molecule has 0 unspecified atom stereocenters. The van der Waals surface area contributed by atoms with E-state index in [1.54, 1.807) is 14.2 Å². The van der Waals surface area contributed by atoms with Crippen LogP contribution in [0.15, 0.2) is 36.4 Å². The second-order valence-corrected chi connectivity index (χ2v) is 2.91. The third-order valence-corrected chi connectivity index (χ3v) is 2.10. The van der Waals surface area contributed by atoms with Gasteiger partial charge in [0, 0.05) is 19.8 Å². The van der Waals surface area contributed by atoms with Gasteiger partial charge in [-0.15, -0.1) is 0 Å². The van der Waals surface area contributed by atoms with Gasteiger partial charge in [0.1, 0.15) is 0 Å². The molecule has 0 bridgehead atoms. The van der Waals surface area contributed by atoms with E-state index < -0.39 is 0 Å². The fraction of sp³-hybridized carbons (Fsp3) is 0.333. The summed E-state index contributed by atoms with van der Waals surface area (Å²) in [6, 6.07) is 10.1. The summed E-state index contributed by atoms with van der Waals surface area (Å²) in [6.07, 6.45) is 1.72. The Morgan fingerprint density at radius 1 is 1.14 bits per heavy atom. The fourth-order valence-corrected chi connectivity index (χ4v) is 1.42. The fourth-order valence-electron chi connectivity index (χ4n) is 1.42. The molecule has 0 aliphatic carbocycles. The number of methoxy groups -OCH3 is 2. The lowest BCUT2D eigenvalue weighted by Gasteiger charge is -2.17. The Labute approximate surface area is 85.2 Å². The van der Waals surface area contributed by atoms with Gasteiger partial charge in [0.25, 0.3) is 0 Å². The topological polar surface area (TPSA) is 18.5 Å². The minimum absolute atomic E-state index is 0.289. The summed E-state index contributed by atoms with van der Waals surface area (Å²) in [7, 11) is 3.28. The van der Waals surface area contributed by atoms with Crippen LogP contribution in [0.5, 0.6) is 0 Å². The van der Waals surface area contributed by atoms with Gasteiger partial charge in [-0.25, -0.2) is 0 Å². The highest BCUT2D eigenvalue weighted by Crippen LogP contribution is 2.20. The molecule has 1 aromatic carbocycles. The first-order valence-corrected chi connectivity index (χ1v) is 4.60. The molecule has 0 heterocycles. The molecule has 2 heteroatoms. The molecular formula is C12H16O2. The highest BCUT2D eigenvalue weighted by Gasteiger charge is 2.12. The summed E-state index contributed by atoms with van der Waals surface area (Å²) in [6.45, 7) is 1.98. The Kier molecular flexibility index (Phi) is 4.36. The largest absolute Gasteiger partial charge is 0.352 e. The van der Waals surface area contributed by atoms with Crippen molar-refractivity contribution in [2.24, 2.45) is 0 Å². The first kappa shape index (κ1) is 11.0. The summed E-state index contributed by atoms with van der Waals surface area (Å²) < 4.78 is 10.4. The molecule has 0 saturated heterocycles. The van der Waals surface area contributed by atoms with Gasteiger partial charge in [0.05, 0.1) is 0 Å². The highest BCUT2D eigenvalue weighted by atomic mass is 16.7. The smallest absolute Gasteiger partial charge is 0.183 e. The van der Waals surface area contributed by atoms with E-state index in [9.17, 15) is 0 Å². The molecule has 2 nitrogen and oxygen atoms in total. The summed E-state index contributed by atoms with van der Waals surface area (Å²) >= 11 is 0. The molecule has 0 aliphatic rings. The van der Waals surface area contributed by atoms with Crippen molar-refractivity contribution in [3.8, 4) is 0 Å². The van der Waals surface area contributed by atoms with E-state index >= 15 is 0 Å². The SMILES string of the molecule is C/C=C(\c1ccccc1)C(OC)OC. The highest BCUT2D eigenvalue weighted by molar-refractivity contribution is 5.67. The molecule has 0 aromatic heterocycles. The van der Waals surface area contributed by atoms with Crippen molar-refractivity contribution in [1.82, 2.24) is 0 Å². The van der Waals surface area contributed by atoms with Crippen LogP contribution < -0.4 is 0 Å². The molecule has 14 heavy (non-hydrogen) atoms. The summed E-state index contributed by atoms with van der Waals surface area (Å²) in [5, 5.41) is 0. The minimum Gasteiger partial charge on any atom is -0.352 e. The second-order valence-electron chi connectivity index (χ2n) is 2.91. The number of benzene rings is 1. The average molecular weight is 192 g/mol. The maximum Gasteiger partial charge on any atom is 0.183 e. The maximum atomic E-state index is 5.22. The molecule has 0 aliphatic heterocycles. The number of allylic oxidation sites excluding steroid dienone is 1. The van der Waals surface area contributed by atoms with Gasteiger partial charge < -0.3 is 9.47 Å². The second kappa shape index (κ2) is 5.58. The zero-order valence-corrected chi connectivity index (χ0v) is 8.86. The van der Waals surface area contributed by atoms with Crippen LogP contribution in [0.2, 0.25) is 0 Å². The molecule has 0 saturated carbocycles. The van der Waals surface area contributed by atoms with Crippen molar-refractivity contribution in [1.29, 1.82) is 0 Å². The molecule has 0 amide bonds. The van der Waals surface area contributed by atoms with E-state index in [4.69, 9.17) is 9.47 Å². The van der Waals surface area contributed by atoms with Gasteiger partial charge in [-0.05, 0) is 12.5 Å². The van der Waals surface area contributed by atoms with Crippen molar-refractivity contribution in [2.75, 3.05) is 14.2 Å². The van der Waals surface area contributed by atoms with E-state index in [0.717, 1.165) is 11.1 Å². The number of rotatable bonds is 4. The third-order valence-electron chi connectivity index (χ3n) is 2.10. The van der Waals surface area contributed by atoms with Gasteiger partial charge in [-0.2, -0.15) is 0 Å². The van der Waals surface area contributed by atoms with Crippen LogP contribution in [-0.2, 0) is 9.47 Å². The van der Waals surface area contributed by atoms with Crippen molar-refractivity contribution in [2.45, 2.75) is 13.2 Å². The van der Waals surface area contributed by atoms with Gasteiger partial charge in [-0.1, -0.05) is 36.4 Å². The van der Waals surface area contributed by atoms with Crippen LogP contribution in [0.4, 0.5) is 0 Å². The van der Waals surface area contributed by atoms with Gasteiger partial charge in [-0.3, -0.25) is 0 Å². The van der Waals surface area contributed by atoms with E-state index in [1.807, 2.05) is 43.3 Å². The normalized spacial score (nSPS) is 12.1. The van der Waals surface area contributed by atoms with Gasteiger partial charge >= 0.3 is 0 Å². The van der Waals surface area contributed by atoms with E-state index in [2.05, 4.69) is 0 Å².